The number of nitrogens with two attached hydrogens (primary N) is 1. The van der Waals surface area contributed by atoms with E-state index in [0.717, 1.165) is 22.8 Å². The predicted molar refractivity (Wildman–Crippen MR) is 60.2 cm³/mol. The Bertz CT molecular complexity index is 568. The van der Waals surface area contributed by atoms with E-state index in [1.165, 1.54) is 11.3 Å². The van der Waals surface area contributed by atoms with Crippen LogP contribution in [0.3, 0.4) is 0 Å². The van der Waals surface area contributed by atoms with Gasteiger partial charge in [0.05, 0.1) is 0 Å². The number of alkyl halides is 3. The van der Waals surface area contributed by atoms with Gasteiger partial charge in [0.1, 0.15) is 10.0 Å². The van der Waals surface area contributed by atoms with Crippen LogP contribution in [0.2, 0.25) is 0 Å². The molecule has 0 aromatic carbocycles. The van der Waals surface area contributed by atoms with Crippen molar-refractivity contribution in [1.82, 2.24) is 20.2 Å². The molecule has 96 valence electrons. The lowest BCUT2D eigenvalue weighted by Gasteiger charge is -2.07. The van der Waals surface area contributed by atoms with Crippen LogP contribution in [-0.4, -0.2) is 20.2 Å². The molecular weight excluding hydrogens is 287 g/mol. The molecule has 2 N–H and O–H groups in total. The molecule has 18 heavy (non-hydrogen) atoms. The quantitative estimate of drug-likeness (QED) is 0.857. The van der Waals surface area contributed by atoms with Crippen LogP contribution in [-0.2, 0) is 6.18 Å². The van der Waals surface area contributed by atoms with Gasteiger partial charge in [-0.25, -0.2) is 9.97 Å². The summed E-state index contributed by atoms with van der Waals surface area (Å²) in [7, 11) is 0. The van der Waals surface area contributed by atoms with Gasteiger partial charge in [0, 0.05) is 6.07 Å². The molecule has 0 unspecified atom stereocenters. The van der Waals surface area contributed by atoms with Gasteiger partial charge in [0.15, 0.2) is 10.0 Å². The summed E-state index contributed by atoms with van der Waals surface area (Å²) in [6.07, 6.45) is -4.55. The fourth-order valence-electron chi connectivity index (χ4n) is 1.05. The van der Waals surface area contributed by atoms with E-state index in [9.17, 15) is 13.2 Å². The molecule has 2 heterocycles. The van der Waals surface area contributed by atoms with E-state index in [1.807, 2.05) is 0 Å². The Balaban J connectivity index is 2.31. The lowest BCUT2D eigenvalue weighted by atomic mass is 10.4. The molecular formula is C8H6F3N5S2. The number of aryl methyl sites for hydroxylation is 1. The van der Waals surface area contributed by atoms with Crippen LogP contribution in [0.5, 0.6) is 0 Å². The van der Waals surface area contributed by atoms with Crippen molar-refractivity contribution in [3.05, 3.63) is 16.8 Å². The second-order valence-corrected chi connectivity index (χ2v) is 5.59. The van der Waals surface area contributed by atoms with Crippen molar-refractivity contribution in [2.45, 2.75) is 22.5 Å². The summed E-state index contributed by atoms with van der Waals surface area (Å²) in [5, 5.41) is 8.35. The van der Waals surface area contributed by atoms with Gasteiger partial charge in [-0.05, 0) is 18.7 Å². The molecule has 0 aliphatic carbocycles. The summed E-state index contributed by atoms with van der Waals surface area (Å²) < 4.78 is 38.0. The Kier molecular flexibility index (Phi) is 3.39. The largest absolute Gasteiger partial charge is 0.433 e. The van der Waals surface area contributed by atoms with Gasteiger partial charge < -0.3 is 5.73 Å². The maximum atomic E-state index is 12.5. The van der Waals surface area contributed by atoms with Crippen molar-refractivity contribution in [1.29, 1.82) is 0 Å². The molecule has 0 atom stereocenters. The summed E-state index contributed by atoms with van der Waals surface area (Å²) in [6, 6.07) is 0.831. The molecule has 0 bridgehead atoms. The fraction of sp³-hybridized carbons (Fsp3) is 0.250. The maximum Gasteiger partial charge on any atom is 0.433 e. The molecule has 0 radical (unpaired) electrons. The van der Waals surface area contributed by atoms with E-state index < -0.39 is 17.8 Å². The monoisotopic (exact) mass is 293 g/mol. The third-order valence-corrected chi connectivity index (χ3v) is 3.52. The first kappa shape index (κ1) is 13.0. The molecule has 0 amide bonds. The maximum absolute atomic E-state index is 12.5. The second kappa shape index (κ2) is 4.69. The summed E-state index contributed by atoms with van der Waals surface area (Å²) in [5.41, 5.74) is 4.18. The zero-order valence-electron chi connectivity index (χ0n) is 8.89. The highest BCUT2D eigenvalue weighted by molar-refractivity contribution is 8.01. The van der Waals surface area contributed by atoms with Crippen LogP contribution < -0.4 is 5.73 Å². The lowest BCUT2D eigenvalue weighted by molar-refractivity contribution is -0.141. The zero-order valence-corrected chi connectivity index (χ0v) is 10.5. The van der Waals surface area contributed by atoms with Crippen LogP contribution in [0.1, 0.15) is 10.7 Å². The molecule has 5 nitrogen and oxygen atoms in total. The molecule has 10 heteroatoms. The molecule has 2 aromatic heterocycles. The first-order valence-electron chi connectivity index (χ1n) is 4.54. The van der Waals surface area contributed by atoms with Crippen LogP contribution in [0.25, 0.3) is 0 Å². The Labute approximate surface area is 108 Å². The molecule has 2 aromatic rings. The molecule has 0 aliphatic heterocycles. The highest BCUT2D eigenvalue weighted by Gasteiger charge is 2.33. The van der Waals surface area contributed by atoms with Crippen LogP contribution in [0.15, 0.2) is 15.4 Å². The van der Waals surface area contributed by atoms with Crippen molar-refractivity contribution >= 4 is 29.0 Å². The van der Waals surface area contributed by atoms with Gasteiger partial charge in [-0.1, -0.05) is 11.3 Å². The van der Waals surface area contributed by atoms with Gasteiger partial charge in [-0.15, -0.1) is 10.2 Å². The Hall–Kier alpha value is -1.42. The SMILES string of the molecule is Cc1nnc(Sc2cc(C(F)(F)F)nc(N)n2)s1. The average Bonchev–Trinajstić information content (AvgIpc) is 2.61. The molecule has 0 saturated carbocycles. The predicted octanol–water partition coefficient (Wildman–Crippen LogP) is 2.39. The number of hydrogen-bond donors (Lipinski definition) is 1. The minimum absolute atomic E-state index is 0.0889. The Morgan fingerprint density at radius 1 is 1.28 bits per heavy atom. The summed E-state index contributed by atoms with van der Waals surface area (Å²) >= 11 is 2.23. The van der Waals surface area contributed by atoms with E-state index in [0.29, 0.717) is 4.34 Å². The Morgan fingerprint density at radius 2 is 2.00 bits per heavy atom. The van der Waals surface area contributed by atoms with Gasteiger partial charge in [0.25, 0.3) is 0 Å². The smallest absolute Gasteiger partial charge is 0.368 e. The molecule has 2 rings (SSSR count). The van der Waals surface area contributed by atoms with E-state index in [1.54, 1.807) is 6.92 Å². The number of aromatic nitrogens is 4. The number of hydrogen-bond acceptors (Lipinski definition) is 7. The molecule has 0 fully saturated rings. The molecule has 0 aliphatic rings. The third kappa shape index (κ3) is 3.07. The van der Waals surface area contributed by atoms with E-state index in [-0.39, 0.29) is 5.03 Å². The topological polar surface area (TPSA) is 77.6 Å². The molecule has 0 spiro atoms. The van der Waals surface area contributed by atoms with Crippen LogP contribution >= 0.6 is 23.1 Å². The van der Waals surface area contributed by atoms with Gasteiger partial charge >= 0.3 is 6.18 Å². The van der Waals surface area contributed by atoms with E-state index in [4.69, 9.17) is 5.73 Å². The van der Waals surface area contributed by atoms with E-state index in [2.05, 4.69) is 20.2 Å². The number of rotatable bonds is 2. The number of nitrogen functional groups attached to an aromatic ring is 1. The first-order valence-corrected chi connectivity index (χ1v) is 6.17. The average molecular weight is 293 g/mol. The van der Waals surface area contributed by atoms with Gasteiger partial charge in [-0.3, -0.25) is 0 Å². The normalized spacial score (nSPS) is 11.8. The fourth-order valence-corrected chi connectivity index (χ4v) is 2.82. The van der Waals surface area contributed by atoms with Crippen LogP contribution in [0, 0.1) is 6.92 Å². The van der Waals surface area contributed by atoms with Crippen molar-refractivity contribution < 1.29 is 13.2 Å². The highest BCUT2D eigenvalue weighted by atomic mass is 32.2. The minimum Gasteiger partial charge on any atom is -0.368 e. The van der Waals surface area contributed by atoms with E-state index >= 15 is 0 Å². The van der Waals surface area contributed by atoms with Crippen molar-refractivity contribution in [2.75, 3.05) is 5.73 Å². The zero-order chi connectivity index (χ0) is 13.3. The van der Waals surface area contributed by atoms with Gasteiger partial charge in [0.2, 0.25) is 5.95 Å². The lowest BCUT2D eigenvalue weighted by Crippen LogP contribution is -2.11. The highest BCUT2D eigenvalue weighted by Crippen LogP contribution is 2.33. The standard InChI is InChI=1S/C8H6F3N5S2/c1-3-15-16-7(17-3)18-5-2-4(8(9,10)11)13-6(12)14-5/h2H,1H3,(H2,12,13,14). The van der Waals surface area contributed by atoms with Gasteiger partial charge in [-0.2, -0.15) is 13.2 Å². The number of nitrogens with zero attached hydrogens (tertiary/aromatic N) is 4. The summed E-state index contributed by atoms with van der Waals surface area (Å²) in [5.74, 6) is -0.423. The van der Waals surface area contributed by atoms with Crippen molar-refractivity contribution in [2.24, 2.45) is 0 Å². The number of halogens is 3. The summed E-state index contributed by atoms with van der Waals surface area (Å²) in [4.78, 5) is 6.87. The first-order chi connectivity index (χ1) is 8.34. The second-order valence-electron chi connectivity index (χ2n) is 3.14. The van der Waals surface area contributed by atoms with Crippen LogP contribution in [0.4, 0.5) is 19.1 Å². The summed E-state index contributed by atoms with van der Waals surface area (Å²) in [6.45, 7) is 1.75. The van der Waals surface area contributed by atoms with Crippen molar-refractivity contribution in [3.63, 3.8) is 0 Å². The molecule has 0 saturated heterocycles. The number of anilines is 1. The van der Waals surface area contributed by atoms with Crippen molar-refractivity contribution in [3.8, 4) is 0 Å². The Morgan fingerprint density at radius 3 is 2.56 bits per heavy atom. The minimum atomic E-state index is -4.55. The third-order valence-electron chi connectivity index (χ3n) is 1.71.